The summed E-state index contributed by atoms with van der Waals surface area (Å²) in [6.07, 6.45) is -2.10. The molecule has 3 heterocycles. The van der Waals surface area contributed by atoms with Gasteiger partial charge >= 0.3 is 6.18 Å². The van der Waals surface area contributed by atoms with Crippen molar-refractivity contribution in [2.24, 2.45) is 5.41 Å². The Morgan fingerprint density at radius 1 is 0.983 bits per heavy atom. The number of thiocarbonyl (C=S) groups is 1. The van der Waals surface area contributed by atoms with Gasteiger partial charge in [0, 0.05) is 29.4 Å². The van der Waals surface area contributed by atoms with E-state index in [1.54, 1.807) is 41.3 Å². The van der Waals surface area contributed by atoms with Crippen molar-refractivity contribution < 1.29 is 41.1 Å². The average Bonchev–Trinajstić information content (AvgIpc) is 3.68. The van der Waals surface area contributed by atoms with Gasteiger partial charge in [-0.1, -0.05) is 32.9 Å². The fourth-order valence-electron chi connectivity index (χ4n) is 7.29. The van der Waals surface area contributed by atoms with Crippen molar-refractivity contribution >= 4 is 58.0 Å². The van der Waals surface area contributed by atoms with Crippen LogP contribution in [0.15, 0.2) is 72.9 Å². The minimum Gasteiger partial charge on any atom is -0.340 e. The SMILES string of the molecule is CC1CCCN1C(=O)C(NC(=O)c1ccc(C(=O)Nc2ccc(-c3ccc(N4C(=S)N(c5ccc(C#N)c(C(F)(F)F)c5F)C(=O)C4(C)C)cn3)cc2)cc1F)C(C)(C)C. The van der Waals surface area contributed by atoms with Gasteiger partial charge in [-0.3, -0.25) is 29.1 Å². The molecule has 11 nitrogen and oxygen atoms in total. The molecule has 1 aromatic heterocycles. The Balaban J connectivity index is 1.13. The molecule has 0 radical (unpaired) electrons. The fourth-order valence-corrected chi connectivity index (χ4v) is 7.80. The molecule has 2 N–H and O–H groups in total. The van der Waals surface area contributed by atoms with Crippen molar-refractivity contribution in [1.82, 2.24) is 15.2 Å². The summed E-state index contributed by atoms with van der Waals surface area (Å²) in [5.41, 5.74) is -4.29. The highest BCUT2D eigenvalue weighted by Gasteiger charge is 2.52. The summed E-state index contributed by atoms with van der Waals surface area (Å²) < 4.78 is 71.9. The maximum Gasteiger partial charge on any atom is 0.420 e. The smallest absolute Gasteiger partial charge is 0.340 e. The number of alkyl halides is 3. The number of carbonyl (C=O) groups excluding carboxylic acids is 4. The topological polar surface area (TPSA) is 139 Å². The summed E-state index contributed by atoms with van der Waals surface area (Å²) >= 11 is 5.50. The Morgan fingerprint density at radius 3 is 2.22 bits per heavy atom. The van der Waals surface area contributed by atoms with Crippen LogP contribution < -0.4 is 20.4 Å². The van der Waals surface area contributed by atoms with E-state index in [1.807, 2.05) is 27.7 Å². The molecule has 6 rings (SSSR count). The number of carbonyl (C=O) groups is 4. The Hall–Kier alpha value is -6.28. The number of nitrogens with zero attached hydrogens (tertiary/aromatic N) is 5. The predicted octanol–water partition coefficient (Wildman–Crippen LogP) is 8.24. The lowest BCUT2D eigenvalue weighted by Gasteiger charge is -2.35. The third kappa shape index (κ3) is 8.16. The number of anilines is 3. The van der Waals surface area contributed by atoms with Gasteiger partial charge in [-0.15, -0.1) is 0 Å². The summed E-state index contributed by atoms with van der Waals surface area (Å²) in [5.74, 6) is -5.20. The van der Waals surface area contributed by atoms with Crippen molar-refractivity contribution in [3.8, 4) is 17.3 Å². The number of amides is 4. The first-order valence-electron chi connectivity index (χ1n) is 18.8. The number of hydrogen-bond acceptors (Lipinski definition) is 7. The Labute approximate surface area is 348 Å². The van der Waals surface area contributed by atoms with Gasteiger partial charge in [0.1, 0.15) is 23.0 Å². The van der Waals surface area contributed by atoms with E-state index in [-0.39, 0.29) is 33.9 Å². The molecule has 312 valence electrons. The molecule has 2 fully saturated rings. The van der Waals surface area contributed by atoms with E-state index in [4.69, 9.17) is 17.5 Å². The van der Waals surface area contributed by atoms with Crippen molar-refractivity contribution in [3.05, 3.63) is 107 Å². The van der Waals surface area contributed by atoms with E-state index in [2.05, 4.69) is 15.6 Å². The molecule has 2 aliphatic heterocycles. The normalized spacial score (nSPS) is 17.1. The van der Waals surface area contributed by atoms with Crippen molar-refractivity contribution in [3.63, 3.8) is 0 Å². The maximum atomic E-state index is 15.4. The van der Waals surface area contributed by atoms with Crippen LogP contribution in [-0.2, 0) is 15.8 Å². The molecule has 4 amide bonds. The molecule has 3 aromatic carbocycles. The first-order valence-corrected chi connectivity index (χ1v) is 19.2. The fraction of sp³-hybridized carbons (Fsp3) is 0.326. The minimum absolute atomic E-state index is 0.0356. The van der Waals surface area contributed by atoms with Crippen LogP contribution in [0.1, 0.15) is 86.2 Å². The second-order valence-electron chi connectivity index (χ2n) is 16.2. The standard InChI is InChI=1S/C43H40F5N7O4S/c1-23-8-7-19-53(23)38(58)35(41(2,3)4)52-37(57)29-16-11-25(20-30(29)44)36(56)51-27-13-9-24(10-14-27)31-17-15-28(22-50-31)55-40(60)54(39(59)42(55,5)6)32-18-12-26(21-49)33(34(32)45)43(46,47)48/h9-18,20,22-23,35H,7-8,19H2,1-6H3,(H,51,56)(H,52,57). The number of rotatable bonds is 8. The molecule has 60 heavy (non-hydrogen) atoms. The molecule has 2 aliphatic rings. The zero-order valence-electron chi connectivity index (χ0n) is 33.4. The van der Waals surface area contributed by atoms with Crippen LogP contribution in [0, 0.1) is 28.4 Å². The van der Waals surface area contributed by atoms with Gasteiger partial charge < -0.3 is 20.4 Å². The Morgan fingerprint density at radius 2 is 1.67 bits per heavy atom. The van der Waals surface area contributed by atoms with E-state index in [1.165, 1.54) is 43.1 Å². The highest BCUT2D eigenvalue weighted by Crippen LogP contribution is 2.42. The maximum absolute atomic E-state index is 15.4. The molecule has 0 aliphatic carbocycles. The molecule has 4 aromatic rings. The van der Waals surface area contributed by atoms with Gasteiger partial charge in [0.05, 0.1) is 40.5 Å². The summed E-state index contributed by atoms with van der Waals surface area (Å²) in [7, 11) is 0. The Kier molecular flexibility index (Phi) is 11.6. The first kappa shape index (κ1) is 43.3. The number of hydrogen-bond donors (Lipinski definition) is 2. The van der Waals surface area contributed by atoms with Gasteiger partial charge in [0.2, 0.25) is 5.91 Å². The van der Waals surface area contributed by atoms with Gasteiger partial charge in [0.25, 0.3) is 17.7 Å². The monoisotopic (exact) mass is 845 g/mol. The Bertz CT molecular complexity index is 2440. The van der Waals surface area contributed by atoms with Crippen LogP contribution in [0.2, 0.25) is 0 Å². The number of nitrogens with one attached hydrogen (secondary N) is 2. The van der Waals surface area contributed by atoms with Crippen molar-refractivity contribution in [2.45, 2.75) is 78.2 Å². The third-order valence-corrected chi connectivity index (χ3v) is 10.9. The minimum atomic E-state index is -5.21. The van der Waals surface area contributed by atoms with Gasteiger partial charge in [-0.05, 0) is 106 Å². The predicted molar refractivity (Wildman–Crippen MR) is 218 cm³/mol. The summed E-state index contributed by atoms with van der Waals surface area (Å²) in [5, 5.41) is 14.2. The number of likely N-dealkylation sites (tertiary alicyclic amines) is 1. The molecule has 0 spiro atoms. The van der Waals surface area contributed by atoms with Crippen LogP contribution in [0.4, 0.5) is 39.0 Å². The lowest BCUT2D eigenvalue weighted by atomic mass is 9.85. The molecular formula is C43H40F5N7O4S. The van der Waals surface area contributed by atoms with Crippen LogP contribution in [0.25, 0.3) is 11.3 Å². The highest BCUT2D eigenvalue weighted by molar-refractivity contribution is 7.81. The zero-order valence-corrected chi connectivity index (χ0v) is 34.2. The number of nitriles is 1. The lowest BCUT2D eigenvalue weighted by molar-refractivity contribution is -0.140. The summed E-state index contributed by atoms with van der Waals surface area (Å²) in [6, 6.07) is 15.3. The molecule has 2 saturated heterocycles. The largest absolute Gasteiger partial charge is 0.420 e. The molecule has 0 saturated carbocycles. The number of pyridine rings is 1. The van der Waals surface area contributed by atoms with E-state index in [0.717, 1.165) is 31.0 Å². The van der Waals surface area contributed by atoms with Crippen LogP contribution >= 0.6 is 12.2 Å². The zero-order chi connectivity index (χ0) is 44.1. The molecule has 17 heteroatoms. The van der Waals surface area contributed by atoms with Crippen molar-refractivity contribution in [1.29, 1.82) is 5.26 Å². The van der Waals surface area contributed by atoms with E-state index in [0.29, 0.717) is 28.4 Å². The van der Waals surface area contributed by atoms with Gasteiger partial charge in [-0.2, -0.15) is 18.4 Å². The second kappa shape index (κ2) is 16.1. The van der Waals surface area contributed by atoms with Crippen LogP contribution in [0.3, 0.4) is 0 Å². The quantitative estimate of drug-likeness (QED) is 0.134. The van der Waals surface area contributed by atoms with Gasteiger partial charge in [-0.25, -0.2) is 8.78 Å². The molecule has 0 bridgehead atoms. The molecular weight excluding hydrogens is 806 g/mol. The average molecular weight is 846 g/mol. The lowest BCUT2D eigenvalue weighted by Crippen LogP contribution is -2.55. The highest BCUT2D eigenvalue weighted by atomic mass is 32.1. The van der Waals surface area contributed by atoms with Crippen LogP contribution in [0.5, 0.6) is 0 Å². The summed E-state index contributed by atoms with van der Waals surface area (Å²) in [6.45, 7) is 10.9. The van der Waals surface area contributed by atoms with Crippen LogP contribution in [-0.4, -0.2) is 62.8 Å². The van der Waals surface area contributed by atoms with E-state index >= 15 is 8.78 Å². The first-order chi connectivity index (χ1) is 28.1. The van der Waals surface area contributed by atoms with Gasteiger partial charge in [0.15, 0.2) is 10.9 Å². The van der Waals surface area contributed by atoms with Crippen molar-refractivity contribution in [2.75, 3.05) is 21.7 Å². The number of aromatic nitrogens is 1. The molecule has 2 atom stereocenters. The molecule has 2 unspecified atom stereocenters. The number of benzene rings is 3. The van der Waals surface area contributed by atoms with E-state index in [9.17, 15) is 32.3 Å². The number of halogens is 5. The third-order valence-electron chi connectivity index (χ3n) is 10.6. The summed E-state index contributed by atoms with van der Waals surface area (Å²) in [4.78, 5) is 61.5. The second-order valence-corrected chi connectivity index (χ2v) is 16.5. The van der Waals surface area contributed by atoms with E-state index < -0.39 is 69.3 Å².